The van der Waals surface area contributed by atoms with Gasteiger partial charge in [0.2, 0.25) is 0 Å². The van der Waals surface area contributed by atoms with E-state index >= 15 is 0 Å². The number of hydrogen-bond acceptors (Lipinski definition) is 3. The largest absolute Gasteiger partial charge is 0.484 e. The average molecular weight is 495 g/mol. The molecule has 0 saturated heterocycles. The fourth-order valence-electron chi connectivity index (χ4n) is 4.65. The second-order valence-electron chi connectivity index (χ2n) is 8.98. The van der Waals surface area contributed by atoms with E-state index in [-0.39, 0.29) is 30.3 Å². The molecular formula is C31H27FN2O3. The summed E-state index contributed by atoms with van der Waals surface area (Å²) in [6.07, 6.45) is 0.732. The predicted molar refractivity (Wildman–Crippen MR) is 140 cm³/mol. The molecular weight excluding hydrogens is 467 g/mol. The number of halogens is 1. The number of hydrogen-bond donors (Lipinski definition) is 1. The molecule has 186 valence electrons. The summed E-state index contributed by atoms with van der Waals surface area (Å²) in [4.78, 5) is 27.8. The Morgan fingerprint density at radius 3 is 2.32 bits per heavy atom. The van der Waals surface area contributed by atoms with Gasteiger partial charge in [0.05, 0.1) is 6.04 Å². The summed E-state index contributed by atoms with van der Waals surface area (Å²) in [5.41, 5.74) is 4.61. The number of ether oxygens (including phenoxy) is 1. The van der Waals surface area contributed by atoms with Crippen LogP contribution < -0.4 is 10.1 Å². The van der Waals surface area contributed by atoms with E-state index in [4.69, 9.17) is 4.74 Å². The summed E-state index contributed by atoms with van der Waals surface area (Å²) in [7, 11) is 0. The predicted octanol–water partition coefficient (Wildman–Crippen LogP) is 5.31. The minimum atomic E-state index is -0.316. The van der Waals surface area contributed by atoms with Crippen LogP contribution in [0.1, 0.15) is 38.7 Å². The zero-order chi connectivity index (χ0) is 25.6. The highest BCUT2D eigenvalue weighted by atomic mass is 19.1. The Bertz CT molecular complexity index is 1370. The normalized spacial score (nSPS) is 14.5. The maximum absolute atomic E-state index is 13.5. The van der Waals surface area contributed by atoms with Crippen molar-refractivity contribution in [2.75, 3.05) is 13.2 Å². The molecule has 5 nitrogen and oxygen atoms in total. The fraction of sp³-hybridized carbons (Fsp3) is 0.161. The van der Waals surface area contributed by atoms with Gasteiger partial charge >= 0.3 is 0 Å². The van der Waals surface area contributed by atoms with Crippen molar-refractivity contribution in [2.45, 2.75) is 19.0 Å². The molecule has 0 fully saturated rings. The summed E-state index contributed by atoms with van der Waals surface area (Å²) in [5.74, 6) is -0.0524. The van der Waals surface area contributed by atoms with Crippen LogP contribution in [0.15, 0.2) is 103 Å². The molecule has 4 aromatic rings. The number of benzene rings is 4. The number of carbonyl (C=O) groups excluding carboxylic acids is 2. The first-order valence-electron chi connectivity index (χ1n) is 12.3. The van der Waals surface area contributed by atoms with Gasteiger partial charge in [-0.1, -0.05) is 66.7 Å². The minimum absolute atomic E-state index is 0.0217. The molecule has 0 aliphatic carbocycles. The van der Waals surface area contributed by atoms with Gasteiger partial charge < -0.3 is 15.0 Å². The van der Waals surface area contributed by atoms with Crippen LogP contribution in [-0.2, 0) is 17.8 Å². The summed E-state index contributed by atoms with van der Waals surface area (Å²) in [6, 6.07) is 30.8. The number of nitrogens with zero attached hydrogens (tertiary/aromatic N) is 1. The summed E-state index contributed by atoms with van der Waals surface area (Å²) in [5, 5.41) is 2.79. The molecule has 1 heterocycles. The lowest BCUT2D eigenvalue weighted by Crippen LogP contribution is -2.40. The smallest absolute Gasteiger partial charge is 0.258 e. The zero-order valence-corrected chi connectivity index (χ0v) is 20.3. The maximum atomic E-state index is 13.5. The van der Waals surface area contributed by atoms with E-state index < -0.39 is 0 Å². The molecule has 1 aliphatic heterocycles. The monoisotopic (exact) mass is 494 g/mol. The Labute approximate surface area is 215 Å². The average Bonchev–Trinajstić information content (AvgIpc) is 2.95. The maximum Gasteiger partial charge on any atom is 0.258 e. The van der Waals surface area contributed by atoms with E-state index in [1.54, 1.807) is 12.1 Å². The highest BCUT2D eigenvalue weighted by molar-refractivity contribution is 5.95. The molecule has 6 heteroatoms. The highest BCUT2D eigenvalue weighted by Crippen LogP contribution is 2.38. The molecule has 0 bridgehead atoms. The Hall–Kier alpha value is -4.45. The number of nitrogens with one attached hydrogen (secondary N) is 1. The third-order valence-corrected chi connectivity index (χ3v) is 6.52. The van der Waals surface area contributed by atoms with Crippen molar-refractivity contribution >= 4 is 11.8 Å². The van der Waals surface area contributed by atoms with Crippen LogP contribution in [0, 0.1) is 5.82 Å². The molecule has 4 aromatic carbocycles. The van der Waals surface area contributed by atoms with Crippen LogP contribution in [0.3, 0.4) is 0 Å². The third-order valence-electron chi connectivity index (χ3n) is 6.52. The van der Waals surface area contributed by atoms with Crippen LogP contribution in [0.25, 0.3) is 0 Å². The molecule has 5 rings (SSSR count). The third kappa shape index (κ3) is 5.70. The van der Waals surface area contributed by atoms with Gasteiger partial charge in [-0.15, -0.1) is 0 Å². The summed E-state index contributed by atoms with van der Waals surface area (Å²) in [6.45, 7) is 0.744. The first-order valence-corrected chi connectivity index (χ1v) is 12.3. The molecule has 37 heavy (non-hydrogen) atoms. The van der Waals surface area contributed by atoms with E-state index in [0.29, 0.717) is 24.4 Å². The SMILES string of the molecule is O=C(COc1ccc2c(c1)[C@@H](c1ccccc1)N(C(=O)c1ccccc1)CC2)NCc1ccc(F)cc1. The van der Waals surface area contributed by atoms with E-state index in [9.17, 15) is 14.0 Å². The molecule has 0 unspecified atom stereocenters. The fourth-order valence-corrected chi connectivity index (χ4v) is 4.65. The molecule has 0 aromatic heterocycles. The molecule has 0 spiro atoms. The first-order chi connectivity index (χ1) is 18.1. The Kier molecular flexibility index (Phi) is 7.26. The molecule has 1 N–H and O–H groups in total. The van der Waals surface area contributed by atoms with Crippen molar-refractivity contribution in [1.29, 1.82) is 0 Å². The standard InChI is InChI=1S/C31H27FN2O3/c32-26-14-11-22(12-15-26)20-33-29(35)21-37-27-16-13-23-17-18-34(31(36)25-9-5-2-6-10-25)30(28(23)19-27)24-7-3-1-4-8-24/h1-16,19,30H,17-18,20-21H2,(H,33,35)/t30-/m1/s1. The van der Waals surface area contributed by atoms with E-state index in [2.05, 4.69) is 5.32 Å². The molecule has 2 amide bonds. The van der Waals surface area contributed by atoms with Gasteiger partial charge in [-0.2, -0.15) is 0 Å². The van der Waals surface area contributed by atoms with E-state index in [1.165, 1.54) is 12.1 Å². The minimum Gasteiger partial charge on any atom is -0.484 e. The zero-order valence-electron chi connectivity index (χ0n) is 20.3. The van der Waals surface area contributed by atoms with Crippen molar-refractivity contribution in [3.63, 3.8) is 0 Å². The van der Waals surface area contributed by atoms with Crippen LogP contribution in [0.4, 0.5) is 4.39 Å². The van der Waals surface area contributed by atoms with Gasteiger partial charge in [-0.05, 0) is 65.1 Å². The summed E-state index contributed by atoms with van der Waals surface area (Å²) < 4.78 is 18.9. The van der Waals surface area contributed by atoms with E-state index in [0.717, 1.165) is 28.7 Å². The van der Waals surface area contributed by atoms with E-state index in [1.807, 2.05) is 83.8 Å². The molecule has 0 saturated carbocycles. The molecule has 0 radical (unpaired) electrons. The van der Waals surface area contributed by atoms with Crippen LogP contribution >= 0.6 is 0 Å². The molecule has 1 aliphatic rings. The number of rotatable bonds is 7. The van der Waals surface area contributed by atoms with Crippen molar-refractivity contribution < 1.29 is 18.7 Å². The van der Waals surface area contributed by atoms with Gasteiger partial charge in [0.15, 0.2) is 6.61 Å². The quantitative estimate of drug-likeness (QED) is 0.379. The lowest BCUT2D eigenvalue weighted by molar-refractivity contribution is -0.123. The Morgan fingerprint density at radius 1 is 0.892 bits per heavy atom. The van der Waals surface area contributed by atoms with Gasteiger partial charge in [0.25, 0.3) is 11.8 Å². The van der Waals surface area contributed by atoms with Gasteiger partial charge in [0.1, 0.15) is 11.6 Å². The van der Waals surface area contributed by atoms with Crippen LogP contribution in [0.2, 0.25) is 0 Å². The van der Waals surface area contributed by atoms with Crippen molar-refractivity contribution in [2.24, 2.45) is 0 Å². The van der Waals surface area contributed by atoms with Crippen molar-refractivity contribution in [1.82, 2.24) is 10.2 Å². The topological polar surface area (TPSA) is 58.6 Å². The van der Waals surface area contributed by atoms with Gasteiger partial charge in [-0.3, -0.25) is 9.59 Å². The number of amides is 2. The lowest BCUT2D eigenvalue weighted by Gasteiger charge is -2.38. The Balaban J connectivity index is 1.34. The van der Waals surface area contributed by atoms with Gasteiger partial charge in [0, 0.05) is 18.7 Å². The number of carbonyl (C=O) groups is 2. The Morgan fingerprint density at radius 2 is 1.59 bits per heavy atom. The first kappa shape index (κ1) is 24.3. The summed E-state index contributed by atoms with van der Waals surface area (Å²) >= 11 is 0. The van der Waals surface area contributed by atoms with Gasteiger partial charge in [-0.25, -0.2) is 4.39 Å². The van der Waals surface area contributed by atoms with Crippen LogP contribution in [-0.4, -0.2) is 29.9 Å². The second kappa shape index (κ2) is 11.1. The lowest BCUT2D eigenvalue weighted by atomic mass is 9.87. The number of fused-ring (bicyclic) bond motifs is 1. The second-order valence-corrected chi connectivity index (χ2v) is 8.98. The van der Waals surface area contributed by atoms with Crippen LogP contribution in [0.5, 0.6) is 5.75 Å². The van der Waals surface area contributed by atoms with Crippen molar-refractivity contribution in [3.8, 4) is 5.75 Å². The molecule has 1 atom stereocenters. The highest BCUT2D eigenvalue weighted by Gasteiger charge is 2.32. The van der Waals surface area contributed by atoms with Crippen molar-refractivity contribution in [3.05, 3.63) is 137 Å².